The lowest BCUT2D eigenvalue weighted by atomic mass is 9.90. The number of fused-ring (bicyclic) bond motifs is 1. The van der Waals surface area contributed by atoms with Gasteiger partial charge in [0.1, 0.15) is 5.82 Å². The molecule has 3 rings (SSSR count). The SMILES string of the molecule is NC(Cc1ccc(F)c(Br)c1)C1CSc2ccccc21. The van der Waals surface area contributed by atoms with Crippen molar-refractivity contribution in [1.29, 1.82) is 0 Å². The van der Waals surface area contributed by atoms with E-state index in [4.69, 9.17) is 5.73 Å². The molecule has 0 spiro atoms. The van der Waals surface area contributed by atoms with Gasteiger partial charge in [-0.05, 0) is 51.7 Å². The summed E-state index contributed by atoms with van der Waals surface area (Å²) >= 11 is 5.10. The molecule has 104 valence electrons. The first-order valence-electron chi connectivity index (χ1n) is 6.56. The van der Waals surface area contributed by atoms with Gasteiger partial charge in [-0.15, -0.1) is 11.8 Å². The number of benzene rings is 2. The van der Waals surface area contributed by atoms with Gasteiger partial charge in [-0.3, -0.25) is 0 Å². The van der Waals surface area contributed by atoms with Crippen LogP contribution in [0, 0.1) is 5.82 Å². The molecule has 1 nitrogen and oxygen atoms in total. The highest BCUT2D eigenvalue weighted by Gasteiger charge is 2.28. The van der Waals surface area contributed by atoms with E-state index in [0.29, 0.717) is 10.4 Å². The molecule has 0 saturated heterocycles. The molecule has 4 heteroatoms. The van der Waals surface area contributed by atoms with Gasteiger partial charge in [0.2, 0.25) is 0 Å². The van der Waals surface area contributed by atoms with E-state index in [0.717, 1.165) is 17.7 Å². The van der Waals surface area contributed by atoms with Crippen LogP contribution in [0.2, 0.25) is 0 Å². The Morgan fingerprint density at radius 2 is 2.10 bits per heavy atom. The van der Waals surface area contributed by atoms with Gasteiger partial charge in [0.15, 0.2) is 0 Å². The molecule has 2 unspecified atom stereocenters. The third-order valence-electron chi connectivity index (χ3n) is 3.71. The predicted octanol–water partition coefficient (Wildman–Crippen LogP) is 4.35. The monoisotopic (exact) mass is 351 g/mol. The summed E-state index contributed by atoms with van der Waals surface area (Å²) in [6.07, 6.45) is 0.762. The number of hydrogen-bond acceptors (Lipinski definition) is 2. The van der Waals surface area contributed by atoms with Gasteiger partial charge in [-0.1, -0.05) is 24.3 Å². The van der Waals surface area contributed by atoms with Crippen LogP contribution < -0.4 is 5.73 Å². The van der Waals surface area contributed by atoms with Crippen molar-refractivity contribution in [3.63, 3.8) is 0 Å². The van der Waals surface area contributed by atoms with Gasteiger partial charge in [0.25, 0.3) is 0 Å². The van der Waals surface area contributed by atoms with E-state index in [9.17, 15) is 4.39 Å². The largest absolute Gasteiger partial charge is 0.327 e. The molecule has 0 aliphatic carbocycles. The van der Waals surface area contributed by atoms with E-state index in [1.165, 1.54) is 16.5 Å². The minimum Gasteiger partial charge on any atom is -0.327 e. The van der Waals surface area contributed by atoms with Crippen LogP contribution in [0.5, 0.6) is 0 Å². The second-order valence-corrected chi connectivity index (χ2v) is 6.99. The molecule has 0 radical (unpaired) electrons. The second-order valence-electron chi connectivity index (χ2n) is 5.07. The van der Waals surface area contributed by atoms with Crippen LogP contribution in [0.25, 0.3) is 0 Å². The molecule has 2 aromatic rings. The van der Waals surface area contributed by atoms with Gasteiger partial charge >= 0.3 is 0 Å². The molecule has 0 amide bonds. The van der Waals surface area contributed by atoms with Crippen LogP contribution in [0.1, 0.15) is 17.0 Å². The van der Waals surface area contributed by atoms with Crippen LogP contribution in [-0.2, 0) is 6.42 Å². The van der Waals surface area contributed by atoms with Crippen molar-refractivity contribution in [2.45, 2.75) is 23.3 Å². The Labute approximate surface area is 130 Å². The normalized spacial score (nSPS) is 18.9. The Bertz CT molecular complexity index is 632. The fraction of sp³-hybridized carbons (Fsp3) is 0.250. The molecule has 0 fully saturated rings. The van der Waals surface area contributed by atoms with Gasteiger partial charge in [0.05, 0.1) is 4.47 Å². The predicted molar refractivity (Wildman–Crippen MR) is 85.7 cm³/mol. The number of halogens is 2. The van der Waals surface area contributed by atoms with Gasteiger partial charge in [-0.2, -0.15) is 0 Å². The number of thioether (sulfide) groups is 1. The fourth-order valence-electron chi connectivity index (χ4n) is 2.62. The Balaban J connectivity index is 1.77. The van der Waals surface area contributed by atoms with Crippen molar-refractivity contribution in [2.24, 2.45) is 5.73 Å². The first-order valence-corrected chi connectivity index (χ1v) is 8.34. The molecular weight excluding hydrogens is 337 g/mol. The van der Waals surface area contributed by atoms with Gasteiger partial charge in [-0.25, -0.2) is 4.39 Å². The maximum Gasteiger partial charge on any atom is 0.137 e. The highest BCUT2D eigenvalue weighted by molar-refractivity contribution is 9.10. The van der Waals surface area contributed by atoms with Crippen LogP contribution in [-0.4, -0.2) is 11.8 Å². The Hall–Kier alpha value is -0.840. The van der Waals surface area contributed by atoms with Crippen molar-refractivity contribution in [2.75, 3.05) is 5.75 Å². The second kappa shape index (κ2) is 5.88. The lowest BCUT2D eigenvalue weighted by Gasteiger charge is -2.20. The van der Waals surface area contributed by atoms with Crippen LogP contribution in [0.4, 0.5) is 4.39 Å². The number of nitrogens with two attached hydrogens (primary N) is 1. The van der Waals surface area contributed by atoms with E-state index in [1.807, 2.05) is 23.9 Å². The van der Waals surface area contributed by atoms with Crippen LogP contribution in [0.15, 0.2) is 51.8 Å². The minimum absolute atomic E-state index is 0.0588. The third-order valence-corrected chi connectivity index (χ3v) is 5.53. The van der Waals surface area contributed by atoms with E-state index >= 15 is 0 Å². The molecule has 1 aliphatic rings. The van der Waals surface area contributed by atoms with Crippen LogP contribution >= 0.6 is 27.7 Å². The Morgan fingerprint density at radius 3 is 2.90 bits per heavy atom. The third kappa shape index (κ3) is 2.78. The lowest BCUT2D eigenvalue weighted by Crippen LogP contribution is -2.30. The molecule has 0 aromatic heterocycles. The average Bonchev–Trinajstić information content (AvgIpc) is 2.87. The lowest BCUT2D eigenvalue weighted by molar-refractivity contribution is 0.569. The molecule has 0 bridgehead atoms. The van der Waals surface area contributed by atoms with E-state index in [-0.39, 0.29) is 11.9 Å². The molecule has 1 heterocycles. The summed E-state index contributed by atoms with van der Waals surface area (Å²) in [6.45, 7) is 0. The Kier molecular flexibility index (Phi) is 4.15. The Morgan fingerprint density at radius 1 is 1.30 bits per heavy atom. The summed E-state index contributed by atoms with van der Waals surface area (Å²) in [5, 5.41) is 0. The van der Waals surface area contributed by atoms with E-state index in [2.05, 4.69) is 40.2 Å². The summed E-state index contributed by atoms with van der Waals surface area (Å²) in [5.74, 6) is 1.17. The molecule has 0 saturated carbocycles. The van der Waals surface area contributed by atoms with Crippen molar-refractivity contribution in [3.8, 4) is 0 Å². The van der Waals surface area contributed by atoms with E-state index < -0.39 is 0 Å². The topological polar surface area (TPSA) is 26.0 Å². The van der Waals surface area contributed by atoms with Gasteiger partial charge < -0.3 is 5.73 Å². The van der Waals surface area contributed by atoms with Gasteiger partial charge in [0, 0.05) is 22.6 Å². The highest BCUT2D eigenvalue weighted by atomic mass is 79.9. The summed E-state index contributed by atoms with van der Waals surface area (Å²) in [5.41, 5.74) is 8.81. The van der Waals surface area contributed by atoms with Crippen molar-refractivity contribution in [3.05, 3.63) is 63.9 Å². The van der Waals surface area contributed by atoms with Crippen molar-refractivity contribution >= 4 is 27.7 Å². The van der Waals surface area contributed by atoms with Crippen LogP contribution in [0.3, 0.4) is 0 Å². The first-order chi connectivity index (χ1) is 9.65. The zero-order valence-electron chi connectivity index (χ0n) is 10.9. The highest BCUT2D eigenvalue weighted by Crippen LogP contribution is 2.41. The standard InChI is InChI=1S/C16H15BrFNS/c17-13-7-10(5-6-14(13)18)8-15(19)12-9-20-16-4-2-1-3-11(12)16/h1-7,12,15H,8-9,19H2. The van der Waals surface area contributed by atoms with Crippen molar-refractivity contribution < 1.29 is 4.39 Å². The smallest absolute Gasteiger partial charge is 0.137 e. The zero-order valence-corrected chi connectivity index (χ0v) is 13.3. The average molecular weight is 352 g/mol. The molecule has 2 aromatic carbocycles. The molecule has 2 atom stereocenters. The number of rotatable bonds is 3. The maximum atomic E-state index is 13.3. The summed E-state index contributed by atoms with van der Waals surface area (Å²) in [7, 11) is 0. The minimum atomic E-state index is -0.232. The maximum absolute atomic E-state index is 13.3. The van der Waals surface area contributed by atoms with Crippen molar-refractivity contribution in [1.82, 2.24) is 0 Å². The summed E-state index contributed by atoms with van der Waals surface area (Å²) < 4.78 is 13.8. The molecule has 2 N–H and O–H groups in total. The summed E-state index contributed by atoms with van der Waals surface area (Å²) in [4.78, 5) is 1.34. The molecule has 1 aliphatic heterocycles. The summed E-state index contributed by atoms with van der Waals surface area (Å²) in [6, 6.07) is 13.6. The zero-order chi connectivity index (χ0) is 14.1. The molecule has 20 heavy (non-hydrogen) atoms. The first kappa shape index (κ1) is 14.1. The fourth-order valence-corrected chi connectivity index (χ4v) is 4.40. The van der Waals surface area contributed by atoms with E-state index in [1.54, 1.807) is 0 Å². The quantitative estimate of drug-likeness (QED) is 0.889. The molecular formula is C16H15BrFNS. The number of hydrogen-bond donors (Lipinski definition) is 1.